The van der Waals surface area contributed by atoms with Gasteiger partial charge in [-0.2, -0.15) is 0 Å². The maximum absolute atomic E-state index is 12.9. The molecule has 2 heterocycles. The van der Waals surface area contributed by atoms with E-state index in [2.05, 4.69) is 0 Å². The lowest BCUT2D eigenvalue weighted by Crippen LogP contribution is -2.25. The van der Waals surface area contributed by atoms with Crippen LogP contribution in [0.5, 0.6) is 11.5 Å². The highest BCUT2D eigenvalue weighted by Crippen LogP contribution is 2.36. The largest absolute Gasteiger partial charge is 0.492 e. The molecular formula is C20H16ClNO3. The Bertz CT molecular complexity index is 1040. The second kappa shape index (κ2) is 6.30. The third-order valence-corrected chi connectivity index (χ3v) is 4.60. The number of nitrogens with zero attached hydrogens (tertiary/aromatic N) is 1. The van der Waals surface area contributed by atoms with Crippen LogP contribution in [0.2, 0.25) is 5.02 Å². The maximum Gasteiger partial charge on any atom is 0.262 e. The molecule has 0 fully saturated rings. The summed E-state index contributed by atoms with van der Waals surface area (Å²) in [5.41, 5.74) is 2.18. The van der Waals surface area contributed by atoms with Crippen LogP contribution in [0, 0.1) is 0 Å². The first-order valence-electron chi connectivity index (χ1n) is 8.01. The van der Waals surface area contributed by atoms with Crippen molar-refractivity contribution >= 4 is 28.1 Å². The standard InChI is InChI=1S/C20H16ClNO3/c1-22-17-5-3-2-4-16(17)19-18(20(22)23)13(10-11-24-19)12-25-15-8-6-14(21)7-9-15/h2-9,12H,10-11H2,1H3/b13-12-. The molecule has 0 atom stereocenters. The monoisotopic (exact) mass is 353 g/mol. The Morgan fingerprint density at radius 2 is 1.92 bits per heavy atom. The number of rotatable bonds is 2. The average Bonchev–Trinajstić information content (AvgIpc) is 2.65. The molecule has 25 heavy (non-hydrogen) atoms. The van der Waals surface area contributed by atoms with E-state index in [1.807, 2.05) is 24.3 Å². The summed E-state index contributed by atoms with van der Waals surface area (Å²) in [5, 5.41) is 1.58. The van der Waals surface area contributed by atoms with Crippen molar-refractivity contribution in [1.29, 1.82) is 0 Å². The van der Waals surface area contributed by atoms with E-state index in [9.17, 15) is 4.79 Å². The summed E-state index contributed by atoms with van der Waals surface area (Å²) in [6.07, 6.45) is 2.26. The third kappa shape index (κ3) is 2.79. The third-order valence-electron chi connectivity index (χ3n) is 4.35. The fourth-order valence-electron chi connectivity index (χ4n) is 3.06. The molecule has 1 aromatic heterocycles. The Hall–Kier alpha value is -2.72. The Labute approximate surface area is 149 Å². The summed E-state index contributed by atoms with van der Waals surface area (Å²) in [6.45, 7) is 0.514. The SMILES string of the molecule is Cn1c(=O)c2c(c3ccccc31)OCC/C2=C/Oc1ccc(Cl)cc1. The first kappa shape index (κ1) is 15.8. The highest BCUT2D eigenvalue weighted by atomic mass is 35.5. The average molecular weight is 354 g/mol. The Morgan fingerprint density at radius 1 is 1.16 bits per heavy atom. The second-order valence-corrected chi connectivity index (χ2v) is 6.34. The molecule has 5 heteroatoms. The first-order chi connectivity index (χ1) is 12.1. The predicted molar refractivity (Wildman–Crippen MR) is 99.4 cm³/mol. The number of aromatic nitrogens is 1. The van der Waals surface area contributed by atoms with Crippen molar-refractivity contribution in [3.8, 4) is 11.5 Å². The van der Waals surface area contributed by atoms with E-state index in [4.69, 9.17) is 21.1 Å². The van der Waals surface area contributed by atoms with Crippen molar-refractivity contribution in [2.75, 3.05) is 6.61 Å². The molecule has 3 aromatic rings. The van der Waals surface area contributed by atoms with Crippen molar-refractivity contribution in [3.05, 3.63) is 75.7 Å². The molecule has 0 radical (unpaired) electrons. The maximum atomic E-state index is 12.9. The van der Waals surface area contributed by atoms with Gasteiger partial charge in [-0.25, -0.2) is 0 Å². The number of para-hydroxylation sites is 1. The van der Waals surface area contributed by atoms with E-state index in [0.717, 1.165) is 16.5 Å². The number of aryl methyl sites for hydroxylation is 1. The molecule has 126 valence electrons. The molecule has 4 rings (SSSR count). The summed E-state index contributed by atoms with van der Waals surface area (Å²) in [4.78, 5) is 12.9. The minimum atomic E-state index is -0.0839. The van der Waals surface area contributed by atoms with Crippen LogP contribution < -0.4 is 15.0 Å². The van der Waals surface area contributed by atoms with Crippen LogP contribution in [0.1, 0.15) is 12.0 Å². The second-order valence-electron chi connectivity index (χ2n) is 5.90. The van der Waals surface area contributed by atoms with Crippen LogP contribution in [0.25, 0.3) is 16.5 Å². The number of benzene rings is 2. The van der Waals surface area contributed by atoms with Crippen molar-refractivity contribution in [2.24, 2.45) is 7.05 Å². The lowest BCUT2D eigenvalue weighted by Gasteiger charge is -2.22. The number of hydrogen-bond donors (Lipinski definition) is 0. The van der Waals surface area contributed by atoms with Gasteiger partial charge in [-0.05, 0) is 36.4 Å². The van der Waals surface area contributed by atoms with Gasteiger partial charge in [0.05, 0.1) is 23.9 Å². The molecule has 0 unspecified atom stereocenters. The molecule has 0 saturated carbocycles. The number of halogens is 1. The van der Waals surface area contributed by atoms with E-state index in [1.54, 1.807) is 42.1 Å². The van der Waals surface area contributed by atoms with Gasteiger partial charge >= 0.3 is 0 Å². The lowest BCUT2D eigenvalue weighted by molar-refractivity contribution is 0.317. The van der Waals surface area contributed by atoms with Crippen molar-refractivity contribution in [1.82, 2.24) is 4.57 Å². The lowest BCUT2D eigenvalue weighted by atomic mass is 9.99. The quantitative estimate of drug-likeness (QED) is 0.641. The molecule has 0 N–H and O–H groups in total. The van der Waals surface area contributed by atoms with E-state index >= 15 is 0 Å². The van der Waals surface area contributed by atoms with Gasteiger partial charge in [0.25, 0.3) is 5.56 Å². The highest BCUT2D eigenvalue weighted by molar-refractivity contribution is 6.30. The van der Waals surface area contributed by atoms with Crippen LogP contribution in [-0.4, -0.2) is 11.2 Å². The predicted octanol–water partition coefficient (Wildman–Crippen LogP) is 4.39. The van der Waals surface area contributed by atoms with Gasteiger partial charge in [-0.1, -0.05) is 23.7 Å². The van der Waals surface area contributed by atoms with E-state index < -0.39 is 0 Å². The zero-order valence-corrected chi connectivity index (χ0v) is 14.4. The fraction of sp³-hybridized carbons (Fsp3) is 0.150. The van der Waals surface area contributed by atoms with Gasteiger partial charge in [0.2, 0.25) is 0 Å². The van der Waals surface area contributed by atoms with Gasteiger partial charge in [-0.15, -0.1) is 0 Å². The zero-order valence-electron chi connectivity index (χ0n) is 13.7. The molecule has 1 aliphatic rings. The van der Waals surface area contributed by atoms with Crippen molar-refractivity contribution in [2.45, 2.75) is 6.42 Å². The topological polar surface area (TPSA) is 40.5 Å². The van der Waals surface area contributed by atoms with Gasteiger partial charge in [0, 0.05) is 29.5 Å². The Balaban J connectivity index is 1.83. The molecule has 4 nitrogen and oxygen atoms in total. The first-order valence-corrected chi connectivity index (χ1v) is 8.39. The molecule has 0 spiro atoms. The summed E-state index contributed by atoms with van der Waals surface area (Å²) >= 11 is 5.89. The summed E-state index contributed by atoms with van der Waals surface area (Å²) in [5.74, 6) is 1.30. The van der Waals surface area contributed by atoms with Crippen LogP contribution >= 0.6 is 11.6 Å². The van der Waals surface area contributed by atoms with Gasteiger partial charge in [-0.3, -0.25) is 4.79 Å². The molecular weight excluding hydrogens is 338 g/mol. The summed E-state index contributed by atoms with van der Waals surface area (Å²) in [6, 6.07) is 14.9. The fourth-order valence-corrected chi connectivity index (χ4v) is 3.18. The highest BCUT2D eigenvalue weighted by Gasteiger charge is 2.23. The van der Waals surface area contributed by atoms with Crippen LogP contribution in [0.15, 0.2) is 59.6 Å². The van der Waals surface area contributed by atoms with Crippen LogP contribution in [0.4, 0.5) is 0 Å². The Kier molecular flexibility index (Phi) is 3.98. The molecule has 0 saturated heterocycles. The van der Waals surface area contributed by atoms with Gasteiger partial charge < -0.3 is 14.0 Å². The molecule has 2 aromatic carbocycles. The van der Waals surface area contributed by atoms with Gasteiger partial charge in [0.1, 0.15) is 11.5 Å². The van der Waals surface area contributed by atoms with Crippen molar-refractivity contribution < 1.29 is 9.47 Å². The smallest absolute Gasteiger partial charge is 0.262 e. The summed E-state index contributed by atoms with van der Waals surface area (Å²) < 4.78 is 13.2. The number of hydrogen-bond acceptors (Lipinski definition) is 3. The normalized spacial score (nSPS) is 15.0. The molecule has 0 amide bonds. The van der Waals surface area contributed by atoms with Crippen LogP contribution in [0.3, 0.4) is 0 Å². The minimum Gasteiger partial charge on any atom is -0.492 e. The van der Waals surface area contributed by atoms with E-state index in [1.165, 1.54) is 0 Å². The molecule has 0 aliphatic carbocycles. The Morgan fingerprint density at radius 3 is 2.72 bits per heavy atom. The zero-order chi connectivity index (χ0) is 17.4. The summed E-state index contributed by atoms with van der Waals surface area (Å²) in [7, 11) is 1.78. The molecule has 1 aliphatic heterocycles. The van der Waals surface area contributed by atoms with E-state index in [0.29, 0.717) is 35.1 Å². The minimum absolute atomic E-state index is 0.0839. The number of fused-ring (bicyclic) bond motifs is 3. The van der Waals surface area contributed by atoms with Gasteiger partial charge in [0.15, 0.2) is 0 Å². The number of ether oxygens (including phenoxy) is 2. The molecule has 0 bridgehead atoms. The van der Waals surface area contributed by atoms with Crippen molar-refractivity contribution in [3.63, 3.8) is 0 Å². The van der Waals surface area contributed by atoms with Crippen LogP contribution in [-0.2, 0) is 7.05 Å². The number of pyridine rings is 1. The van der Waals surface area contributed by atoms with E-state index in [-0.39, 0.29) is 5.56 Å².